The summed E-state index contributed by atoms with van der Waals surface area (Å²) >= 11 is 5.95. The third-order valence-electron chi connectivity index (χ3n) is 4.56. The number of carbonyl (C=O) groups excluding carboxylic acids is 2. The molecule has 0 aromatic heterocycles. The number of hydrogen-bond acceptors (Lipinski definition) is 3. The van der Waals surface area contributed by atoms with Crippen molar-refractivity contribution in [3.63, 3.8) is 0 Å². The lowest BCUT2D eigenvalue weighted by molar-refractivity contribution is -0.140. The first-order valence-corrected chi connectivity index (χ1v) is 6.10. The molecule has 0 spiro atoms. The summed E-state index contributed by atoms with van der Waals surface area (Å²) in [5.41, 5.74) is -0.653. The van der Waals surface area contributed by atoms with Crippen LogP contribution in [-0.2, 0) is 14.3 Å². The number of rotatable bonds is 1. The Labute approximate surface area is 104 Å². The zero-order chi connectivity index (χ0) is 12.4. The molecule has 0 aromatic rings. The van der Waals surface area contributed by atoms with Crippen molar-refractivity contribution in [1.82, 2.24) is 0 Å². The molecule has 4 heteroatoms. The van der Waals surface area contributed by atoms with Crippen molar-refractivity contribution in [2.45, 2.75) is 13.3 Å². The van der Waals surface area contributed by atoms with Crippen LogP contribution in [0.3, 0.4) is 0 Å². The van der Waals surface area contributed by atoms with Gasteiger partial charge in [-0.15, -0.1) is 0 Å². The van der Waals surface area contributed by atoms with Crippen molar-refractivity contribution in [3.8, 4) is 0 Å². The third-order valence-corrected chi connectivity index (χ3v) is 4.92. The normalized spacial score (nSPS) is 43.4. The molecule has 0 radical (unpaired) electrons. The Morgan fingerprint density at radius 2 is 2.12 bits per heavy atom. The van der Waals surface area contributed by atoms with E-state index in [1.807, 2.05) is 13.0 Å². The first kappa shape index (κ1) is 11.0. The number of ether oxygens (including phenoxy) is 1. The molecule has 0 amide bonds. The van der Waals surface area contributed by atoms with Gasteiger partial charge < -0.3 is 4.74 Å². The minimum atomic E-state index is -0.653. The van der Waals surface area contributed by atoms with E-state index in [-0.39, 0.29) is 40.1 Å². The Morgan fingerprint density at radius 1 is 1.41 bits per heavy atom. The second-order valence-corrected chi connectivity index (χ2v) is 5.57. The number of ketones is 2. The Balaban J connectivity index is 2.19. The lowest BCUT2D eigenvalue weighted by Crippen LogP contribution is -2.48. The van der Waals surface area contributed by atoms with Gasteiger partial charge in [0.2, 0.25) is 5.78 Å². The van der Waals surface area contributed by atoms with E-state index in [0.29, 0.717) is 0 Å². The van der Waals surface area contributed by atoms with Gasteiger partial charge in [0.25, 0.3) is 0 Å². The second-order valence-electron chi connectivity index (χ2n) is 5.19. The minimum absolute atomic E-state index is 0.0269. The molecule has 0 heterocycles. The van der Waals surface area contributed by atoms with Crippen LogP contribution < -0.4 is 0 Å². The molecule has 90 valence electrons. The fraction of sp³-hybridized carbons (Fsp3) is 0.538. The molecule has 0 aliphatic heterocycles. The molecule has 4 atom stereocenters. The fourth-order valence-corrected chi connectivity index (χ4v) is 3.93. The summed E-state index contributed by atoms with van der Waals surface area (Å²) in [7, 11) is 1.38. The predicted octanol–water partition coefficient (Wildman–Crippen LogP) is 2.06. The third kappa shape index (κ3) is 1.08. The molecule has 2 bridgehead atoms. The molecule has 1 saturated carbocycles. The molecule has 0 N–H and O–H groups in total. The summed E-state index contributed by atoms with van der Waals surface area (Å²) in [6.07, 6.45) is 4.98. The number of methoxy groups -OCH3 is 1. The molecule has 3 aliphatic rings. The highest BCUT2D eigenvalue weighted by Gasteiger charge is 2.63. The van der Waals surface area contributed by atoms with E-state index < -0.39 is 5.41 Å². The lowest BCUT2D eigenvalue weighted by Gasteiger charge is -2.39. The Kier molecular flexibility index (Phi) is 2.09. The van der Waals surface area contributed by atoms with Gasteiger partial charge in [-0.05, 0) is 18.3 Å². The minimum Gasteiger partial charge on any atom is -0.491 e. The highest BCUT2D eigenvalue weighted by molar-refractivity contribution is 6.46. The van der Waals surface area contributed by atoms with E-state index in [1.165, 1.54) is 7.11 Å². The maximum Gasteiger partial charge on any atom is 0.206 e. The van der Waals surface area contributed by atoms with Crippen molar-refractivity contribution >= 4 is 23.2 Å². The van der Waals surface area contributed by atoms with Gasteiger partial charge >= 0.3 is 0 Å². The smallest absolute Gasteiger partial charge is 0.206 e. The number of allylic oxidation sites excluding steroid dienone is 4. The van der Waals surface area contributed by atoms with Gasteiger partial charge in [0, 0.05) is 5.92 Å². The first-order valence-electron chi connectivity index (χ1n) is 5.73. The molecule has 3 nitrogen and oxygen atoms in total. The summed E-state index contributed by atoms with van der Waals surface area (Å²) in [6.45, 7) is 1.87. The number of fused-ring (bicyclic) bond motifs is 5. The molecular weight excluding hydrogens is 241 g/mol. The van der Waals surface area contributed by atoms with Crippen molar-refractivity contribution in [1.29, 1.82) is 0 Å². The molecule has 0 saturated heterocycles. The molecule has 17 heavy (non-hydrogen) atoms. The summed E-state index contributed by atoms with van der Waals surface area (Å²) in [5, 5.41) is -0.0269. The SMILES string of the molecule is COC1=[13C](Cl)C(=O)[C@@H]2[C@@H]3C=C[C@@H](C3)[C@]2(C)C1=O. The van der Waals surface area contributed by atoms with Gasteiger partial charge in [-0.25, -0.2) is 0 Å². The fourth-order valence-electron chi connectivity index (χ4n) is 3.65. The molecule has 0 aromatic carbocycles. The number of halogens is 1. The van der Waals surface area contributed by atoms with Gasteiger partial charge in [-0.2, -0.15) is 0 Å². The van der Waals surface area contributed by atoms with Crippen LogP contribution in [-0.4, -0.2) is 18.7 Å². The van der Waals surface area contributed by atoms with E-state index >= 15 is 0 Å². The van der Waals surface area contributed by atoms with Gasteiger partial charge in [0.1, 0.15) is 5.03 Å². The van der Waals surface area contributed by atoms with E-state index in [4.69, 9.17) is 16.3 Å². The molecule has 1 fully saturated rings. The maximum atomic E-state index is 12.5. The highest BCUT2D eigenvalue weighted by Crippen LogP contribution is 2.60. The molecule has 0 unspecified atom stereocenters. The summed E-state index contributed by atoms with van der Waals surface area (Å²) < 4.78 is 5.02. The van der Waals surface area contributed by atoms with Crippen molar-refractivity contribution in [2.24, 2.45) is 23.2 Å². The average Bonchev–Trinajstić information content (AvgIpc) is 2.87. The Morgan fingerprint density at radius 3 is 2.76 bits per heavy atom. The van der Waals surface area contributed by atoms with E-state index in [9.17, 15) is 9.59 Å². The van der Waals surface area contributed by atoms with Crippen LogP contribution in [0.15, 0.2) is 22.9 Å². The zero-order valence-electron chi connectivity index (χ0n) is 9.70. The maximum absolute atomic E-state index is 12.5. The van der Waals surface area contributed by atoms with Gasteiger partial charge in [0.15, 0.2) is 11.5 Å². The van der Waals surface area contributed by atoms with Gasteiger partial charge in [0.05, 0.1) is 12.5 Å². The lowest BCUT2D eigenvalue weighted by atomic mass is 9.64. The average molecular weight is 254 g/mol. The largest absolute Gasteiger partial charge is 0.491 e. The topological polar surface area (TPSA) is 43.4 Å². The highest BCUT2D eigenvalue weighted by atomic mass is 35.5. The van der Waals surface area contributed by atoms with Crippen LogP contribution in [0.25, 0.3) is 0 Å². The molecule has 3 aliphatic carbocycles. The van der Waals surface area contributed by atoms with E-state index in [1.54, 1.807) is 0 Å². The van der Waals surface area contributed by atoms with E-state index in [2.05, 4.69) is 6.08 Å². The number of carbonyl (C=O) groups is 2. The van der Waals surface area contributed by atoms with Crippen LogP contribution in [0.4, 0.5) is 0 Å². The number of Topliss-reactive ketones (excluding diaryl/α,β-unsaturated/α-hetero) is 2. The molecular formula is C13H13ClO3. The van der Waals surface area contributed by atoms with Crippen LogP contribution in [0.2, 0.25) is 0 Å². The standard InChI is InChI=1S/C13H13ClO3/c1-13-7-4-3-6(5-7)8(13)10(15)9(14)11(17-2)12(13)16/h3-4,6-8H,5H2,1-2H3/t6-,7+,8+,13+/m1/s1/i9+1. The summed E-state index contributed by atoms with van der Waals surface area (Å²) in [4.78, 5) is 24.7. The van der Waals surface area contributed by atoms with Gasteiger partial charge in [-0.1, -0.05) is 30.7 Å². The van der Waals surface area contributed by atoms with Crippen LogP contribution in [0.1, 0.15) is 13.3 Å². The zero-order valence-corrected chi connectivity index (χ0v) is 10.5. The van der Waals surface area contributed by atoms with Crippen LogP contribution >= 0.6 is 11.6 Å². The van der Waals surface area contributed by atoms with Crippen LogP contribution in [0, 0.1) is 23.2 Å². The monoisotopic (exact) mass is 253 g/mol. The summed E-state index contributed by atoms with van der Waals surface area (Å²) in [6, 6.07) is 0. The predicted molar refractivity (Wildman–Crippen MR) is 62.2 cm³/mol. The van der Waals surface area contributed by atoms with Crippen LogP contribution in [0.5, 0.6) is 0 Å². The van der Waals surface area contributed by atoms with Crippen molar-refractivity contribution in [2.75, 3.05) is 7.11 Å². The molecule has 3 rings (SSSR count). The Bertz CT molecular complexity index is 491. The Hall–Kier alpha value is -1.09. The second kappa shape index (κ2) is 3.22. The van der Waals surface area contributed by atoms with Crippen molar-refractivity contribution in [3.05, 3.63) is 22.9 Å². The summed E-state index contributed by atoms with van der Waals surface area (Å²) in [5.74, 6) is -0.209. The number of hydrogen-bond donors (Lipinski definition) is 0. The quantitative estimate of drug-likeness (QED) is 0.531. The van der Waals surface area contributed by atoms with Crippen molar-refractivity contribution < 1.29 is 14.3 Å². The van der Waals surface area contributed by atoms with Gasteiger partial charge in [-0.3, -0.25) is 9.59 Å². The van der Waals surface area contributed by atoms with E-state index in [0.717, 1.165) is 6.42 Å². The first-order chi connectivity index (χ1) is 8.01.